The van der Waals surface area contributed by atoms with E-state index < -0.39 is 11.7 Å². The molecule has 0 aliphatic rings. The lowest BCUT2D eigenvalue weighted by atomic mass is 10.3. The molecule has 2 heterocycles. The van der Waals surface area contributed by atoms with Crippen LogP contribution < -0.4 is 10.9 Å². The molecule has 158 valence electrons. The molecule has 1 amide bonds. The summed E-state index contributed by atoms with van der Waals surface area (Å²) in [7, 11) is 0. The normalized spacial score (nSPS) is 11.2. The second-order valence-electron chi connectivity index (χ2n) is 6.21. The molecule has 11 heteroatoms. The van der Waals surface area contributed by atoms with Gasteiger partial charge >= 0.3 is 0 Å². The van der Waals surface area contributed by atoms with Crippen molar-refractivity contribution < 1.29 is 13.6 Å². The molecule has 0 radical (unpaired) electrons. The van der Waals surface area contributed by atoms with E-state index in [9.17, 15) is 18.4 Å². The highest BCUT2D eigenvalue weighted by atomic mass is 32.2. The molecule has 0 aliphatic carbocycles. The van der Waals surface area contributed by atoms with E-state index >= 15 is 0 Å². The lowest BCUT2D eigenvalue weighted by molar-refractivity contribution is -0.113. The molecule has 4 aromatic rings. The summed E-state index contributed by atoms with van der Waals surface area (Å²) in [4.78, 5) is 32.1. The largest absolute Gasteiger partial charge is 0.324 e. The number of aromatic nitrogens is 4. The number of nitrogens with one attached hydrogen (secondary N) is 2. The lowest BCUT2D eigenvalue weighted by Gasteiger charge is -2.10. The monoisotopic (exact) mass is 459 g/mol. The third kappa shape index (κ3) is 4.94. The molecule has 2 N–H and O–H groups in total. The van der Waals surface area contributed by atoms with E-state index in [4.69, 9.17) is 0 Å². The zero-order chi connectivity index (χ0) is 21.8. The molecular weight excluding hydrogens is 444 g/mol. The van der Waals surface area contributed by atoms with Crippen molar-refractivity contribution in [2.24, 2.45) is 0 Å². The number of H-pyrrole nitrogens is 1. The van der Waals surface area contributed by atoms with Gasteiger partial charge in [-0.3, -0.25) is 9.59 Å². The summed E-state index contributed by atoms with van der Waals surface area (Å²) in [5.41, 5.74) is 1.06. The number of hydrogen-bond donors (Lipinski definition) is 2. The zero-order valence-corrected chi connectivity index (χ0v) is 17.4. The smallest absolute Gasteiger partial charge is 0.288 e. The molecule has 0 fully saturated rings. The quantitative estimate of drug-likeness (QED) is 0.319. The summed E-state index contributed by atoms with van der Waals surface area (Å²) in [6.07, 6.45) is 1.44. The Kier molecular flexibility index (Phi) is 6.33. The van der Waals surface area contributed by atoms with Gasteiger partial charge in [-0.25, -0.2) is 9.67 Å². The van der Waals surface area contributed by atoms with Crippen molar-refractivity contribution in [2.75, 3.05) is 11.1 Å². The lowest BCUT2D eigenvalue weighted by Crippen LogP contribution is -2.16. The molecule has 2 aromatic carbocycles. The zero-order valence-electron chi connectivity index (χ0n) is 15.8. The SMILES string of the molecule is O=C(CSc1nc2c(cnn2-c2ccccc2)c(=O)[nH]1)Nc1ccccc1SC(F)F. The van der Waals surface area contributed by atoms with E-state index in [0.29, 0.717) is 28.5 Å². The second-order valence-corrected chi connectivity index (χ2v) is 8.21. The number of hydrogen-bond acceptors (Lipinski definition) is 6. The van der Waals surface area contributed by atoms with Crippen LogP contribution in [-0.2, 0) is 4.79 Å². The first-order chi connectivity index (χ1) is 15.0. The van der Waals surface area contributed by atoms with Gasteiger partial charge in [-0.1, -0.05) is 53.9 Å². The van der Waals surface area contributed by atoms with Crippen LogP contribution in [0.4, 0.5) is 14.5 Å². The van der Waals surface area contributed by atoms with E-state index in [2.05, 4.69) is 20.4 Å². The minimum Gasteiger partial charge on any atom is -0.324 e. The van der Waals surface area contributed by atoms with Gasteiger partial charge in [0.2, 0.25) is 5.91 Å². The number of carbonyl (C=O) groups excluding carboxylic acids is 1. The Morgan fingerprint density at radius 2 is 1.87 bits per heavy atom. The average Bonchev–Trinajstić information content (AvgIpc) is 3.18. The molecule has 0 atom stereocenters. The number of alkyl halides is 2. The second kappa shape index (κ2) is 9.31. The average molecular weight is 460 g/mol. The van der Waals surface area contributed by atoms with Gasteiger partial charge in [-0.2, -0.15) is 13.9 Å². The maximum Gasteiger partial charge on any atom is 0.288 e. The predicted octanol–water partition coefficient (Wildman–Crippen LogP) is 4.15. The molecule has 0 aliphatic heterocycles. The predicted molar refractivity (Wildman–Crippen MR) is 117 cm³/mol. The fourth-order valence-electron chi connectivity index (χ4n) is 2.81. The van der Waals surface area contributed by atoms with Crippen molar-refractivity contribution in [3.63, 3.8) is 0 Å². The molecule has 0 unspecified atom stereocenters. The van der Waals surface area contributed by atoms with Gasteiger partial charge in [0.05, 0.1) is 23.3 Å². The summed E-state index contributed by atoms with van der Waals surface area (Å²) >= 11 is 1.39. The third-order valence-electron chi connectivity index (χ3n) is 4.13. The Bertz CT molecular complexity index is 1280. The van der Waals surface area contributed by atoms with Gasteiger partial charge in [-0.05, 0) is 24.3 Å². The van der Waals surface area contributed by atoms with Gasteiger partial charge in [0.15, 0.2) is 10.8 Å². The Balaban J connectivity index is 1.51. The molecule has 0 bridgehead atoms. The molecule has 0 saturated carbocycles. The van der Waals surface area contributed by atoms with Gasteiger partial charge < -0.3 is 10.3 Å². The molecule has 31 heavy (non-hydrogen) atoms. The van der Waals surface area contributed by atoms with E-state index in [1.165, 1.54) is 12.3 Å². The van der Waals surface area contributed by atoms with Crippen LogP contribution in [-0.4, -0.2) is 37.2 Å². The van der Waals surface area contributed by atoms with Crippen LogP contribution in [0.2, 0.25) is 0 Å². The summed E-state index contributed by atoms with van der Waals surface area (Å²) in [6, 6.07) is 15.6. The number of anilines is 1. The maximum absolute atomic E-state index is 12.7. The number of halogens is 2. The molecular formula is C20H15F2N5O2S2. The Labute approximate surface area is 183 Å². The van der Waals surface area contributed by atoms with Crippen molar-refractivity contribution in [3.8, 4) is 5.69 Å². The van der Waals surface area contributed by atoms with Gasteiger partial charge in [0.1, 0.15) is 5.39 Å². The number of rotatable bonds is 7. The number of carbonyl (C=O) groups is 1. The highest BCUT2D eigenvalue weighted by Crippen LogP contribution is 2.31. The standard InChI is InChI=1S/C20H15F2N5O2S2/c21-19(22)31-15-9-5-4-8-14(15)24-16(28)11-30-20-25-17-13(18(29)26-20)10-23-27(17)12-6-2-1-3-7-12/h1-10,19H,11H2,(H,24,28)(H,25,26,29). The third-order valence-corrected chi connectivity index (χ3v) is 5.80. The van der Waals surface area contributed by atoms with Crippen molar-refractivity contribution in [1.29, 1.82) is 0 Å². The molecule has 0 saturated heterocycles. The minimum absolute atomic E-state index is 0.0679. The van der Waals surface area contributed by atoms with Crippen LogP contribution in [0.3, 0.4) is 0 Å². The van der Waals surface area contributed by atoms with Crippen LogP contribution in [0.1, 0.15) is 0 Å². The molecule has 4 rings (SSSR count). The highest BCUT2D eigenvalue weighted by molar-refractivity contribution is 8.00. The summed E-state index contributed by atoms with van der Waals surface area (Å²) in [6.45, 7) is 0. The van der Waals surface area contributed by atoms with Gasteiger partial charge in [0, 0.05) is 4.90 Å². The first-order valence-electron chi connectivity index (χ1n) is 9.01. The summed E-state index contributed by atoms with van der Waals surface area (Å²) in [5.74, 6) is -3.07. The number of amides is 1. The number of nitrogens with zero attached hydrogens (tertiary/aromatic N) is 3. The molecule has 7 nitrogen and oxygen atoms in total. The van der Waals surface area contributed by atoms with Crippen LogP contribution in [0.15, 0.2) is 75.6 Å². The van der Waals surface area contributed by atoms with E-state index in [0.717, 1.165) is 17.4 Å². The van der Waals surface area contributed by atoms with Crippen molar-refractivity contribution >= 4 is 46.2 Å². The van der Waals surface area contributed by atoms with Crippen LogP contribution in [0.25, 0.3) is 16.7 Å². The minimum atomic E-state index is -2.59. The molecule has 2 aromatic heterocycles. The van der Waals surface area contributed by atoms with Crippen molar-refractivity contribution in [3.05, 3.63) is 71.1 Å². The highest BCUT2D eigenvalue weighted by Gasteiger charge is 2.15. The number of thioether (sulfide) groups is 2. The maximum atomic E-state index is 12.7. The summed E-state index contributed by atoms with van der Waals surface area (Å²) < 4.78 is 26.9. The topological polar surface area (TPSA) is 92.7 Å². The number of aromatic amines is 1. The van der Waals surface area contributed by atoms with Gasteiger partial charge in [0.25, 0.3) is 11.3 Å². The Hall–Kier alpha value is -3.18. The number of benzene rings is 2. The summed E-state index contributed by atoms with van der Waals surface area (Å²) in [5, 5.41) is 7.43. The Morgan fingerprint density at radius 3 is 2.65 bits per heavy atom. The fourth-order valence-corrected chi connectivity index (χ4v) is 4.06. The number of para-hydroxylation sites is 2. The van der Waals surface area contributed by atoms with Crippen molar-refractivity contribution in [1.82, 2.24) is 19.7 Å². The fraction of sp³-hybridized carbons (Fsp3) is 0.100. The van der Waals surface area contributed by atoms with Crippen LogP contribution in [0.5, 0.6) is 0 Å². The number of fused-ring (bicyclic) bond motifs is 1. The first-order valence-corrected chi connectivity index (χ1v) is 10.9. The Morgan fingerprint density at radius 1 is 1.13 bits per heavy atom. The van der Waals surface area contributed by atoms with E-state index in [-0.39, 0.29) is 21.4 Å². The van der Waals surface area contributed by atoms with Crippen molar-refractivity contribution in [2.45, 2.75) is 15.8 Å². The van der Waals surface area contributed by atoms with Crippen LogP contribution in [0, 0.1) is 0 Å². The molecule has 0 spiro atoms. The van der Waals surface area contributed by atoms with Crippen LogP contribution >= 0.6 is 23.5 Å². The van der Waals surface area contributed by atoms with E-state index in [1.54, 1.807) is 22.9 Å². The first kappa shape index (κ1) is 21.1. The van der Waals surface area contributed by atoms with E-state index in [1.807, 2.05) is 30.3 Å². The van der Waals surface area contributed by atoms with Gasteiger partial charge in [-0.15, -0.1) is 0 Å².